The smallest absolute Gasteiger partial charge is 0.176 e. The van der Waals surface area contributed by atoms with Crippen molar-refractivity contribution in [2.75, 3.05) is 6.26 Å². The summed E-state index contributed by atoms with van der Waals surface area (Å²) < 4.78 is 37.5. The average molecular weight is 551 g/mol. The third-order valence-electron chi connectivity index (χ3n) is 7.62. The molecule has 38 heavy (non-hydrogen) atoms. The number of benzene rings is 3. The van der Waals surface area contributed by atoms with Crippen LogP contribution in [0.4, 0.5) is 0 Å². The quantitative estimate of drug-likeness (QED) is 0.282. The summed E-state index contributed by atoms with van der Waals surface area (Å²) in [5, 5.41) is 0.119. The molecule has 5 nitrogen and oxygen atoms in total. The topological polar surface area (TPSA) is 69.7 Å². The third-order valence-corrected chi connectivity index (χ3v) is 9.20. The molecule has 4 atom stereocenters. The van der Waals surface area contributed by atoms with Crippen molar-refractivity contribution >= 4 is 27.2 Å². The molecule has 1 saturated carbocycles. The van der Waals surface area contributed by atoms with Gasteiger partial charge < -0.3 is 9.47 Å². The van der Waals surface area contributed by atoms with Gasteiger partial charge in [0.25, 0.3) is 0 Å². The number of rotatable bonds is 8. The number of hydrogen-bond acceptors (Lipinski definition) is 5. The summed E-state index contributed by atoms with van der Waals surface area (Å²) in [7, 11) is -3.47. The van der Waals surface area contributed by atoms with Gasteiger partial charge in [-0.05, 0) is 53.7 Å². The Hall–Kier alpha value is -2.77. The molecule has 0 radical (unpaired) electrons. The summed E-state index contributed by atoms with van der Waals surface area (Å²) in [6.07, 6.45) is 4.79. The third kappa shape index (κ3) is 5.50. The van der Waals surface area contributed by atoms with Gasteiger partial charge in [0.15, 0.2) is 21.4 Å². The lowest BCUT2D eigenvalue weighted by Crippen LogP contribution is -2.27. The van der Waals surface area contributed by atoms with Crippen LogP contribution in [0, 0.1) is 5.92 Å². The fourth-order valence-electron chi connectivity index (χ4n) is 5.80. The zero-order valence-electron chi connectivity index (χ0n) is 21.3. The van der Waals surface area contributed by atoms with Gasteiger partial charge in [0.2, 0.25) is 0 Å². The van der Waals surface area contributed by atoms with Crippen LogP contribution in [0.3, 0.4) is 0 Å². The normalized spacial score (nSPS) is 23.4. The van der Waals surface area contributed by atoms with Crippen LogP contribution in [-0.4, -0.2) is 26.2 Å². The zero-order valence-corrected chi connectivity index (χ0v) is 22.8. The number of carbonyl (C=O) groups excluding carboxylic acids is 1. The average Bonchev–Trinajstić information content (AvgIpc) is 3.50. The van der Waals surface area contributed by atoms with Crippen LogP contribution in [0.15, 0.2) is 96.4 Å². The Balaban J connectivity index is 1.38. The molecular formula is C31H31ClO5S. The van der Waals surface area contributed by atoms with Crippen molar-refractivity contribution in [3.63, 3.8) is 0 Å². The van der Waals surface area contributed by atoms with Gasteiger partial charge in [0.05, 0.1) is 9.92 Å². The second-order valence-corrected chi connectivity index (χ2v) is 12.7. The van der Waals surface area contributed by atoms with Gasteiger partial charge >= 0.3 is 0 Å². The van der Waals surface area contributed by atoms with E-state index in [4.69, 9.17) is 21.1 Å². The minimum absolute atomic E-state index is 0.0548. The maximum atomic E-state index is 12.9. The van der Waals surface area contributed by atoms with Crippen molar-refractivity contribution < 1.29 is 22.7 Å². The van der Waals surface area contributed by atoms with Crippen molar-refractivity contribution in [2.24, 2.45) is 5.92 Å². The molecule has 198 valence electrons. The first-order chi connectivity index (χ1) is 18.2. The molecule has 3 aromatic carbocycles. The molecule has 1 saturated heterocycles. The van der Waals surface area contributed by atoms with Crippen molar-refractivity contribution in [3.8, 4) is 0 Å². The van der Waals surface area contributed by atoms with Gasteiger partial charge in [-0.1, -0.05) is 84.9 Å². The van der Waals surface area contributed by atoms with Gasteiger partial charge in [-0.15, -0.1) is 0 Å². The first-order valence-corrected chi connectivity index (χ1v) is 15.1. The summed E-state index contributed by atoms with van der Waals surface area (Å²) in [6, 6.07) is 25.0. The number of sulfone groups is 1. The number of ether oxygens (including phenoxy) is 2. The van der Waals surface area contributed by atoms with E-state index in [0.717, 1.165) is 30.2 Å². The lowest BCUT2D eigenvalue weighted by molar-refractivity contribution is -0.173. The van der Waals surface area contributed by atoms with E-state index in [9.17, 15) is 13.2 Å². The van der Waals surface area contributed by atoms with E-state index < -0.39 is 21.5 Å². The van der Waals surface area contributed by atoms with Gasteiger partial charge in [-0.25, -0.2) is 8.42 Å². The maximum Gasteiger partial charge on any atom is 0.176 e. The van der Waals surface area contributed by atoms with E-state index in [2.05, 4.69) is 30.8 Å². The Bertz CT molecular complexity index is 1370. The highest BCUT2D eigenvalue weighted by Crippen LogP contribution is 2.55. The molecular weight excluding hydrogens is 520 g/mol. The Morgan fingerprint density at radius 2 is 1.61 bits per heavy atom. The number of carbonyl (C=O) groups is 1. The van der Waals surface area contributed by atoms with Crippen LogP contribution in [0.5, 0.6) is 0 Å². The highest BCUT2D eigenvalue weighted by atomic mass is 35.5. The second-order valence-electron chi connectivity index (χ2n) is 10.3. The predicted molar refractivity (Wildman–Crippen MR) is 148 cm³/mol. The Kier molecular flexibility index (Phi) is 7.60. The molecule has 1 aliphatic carbocycles. The zero-order chi connectivity index (χ0) is 26.9. The number of ketones is 1. The highest BCUT2D eigenvalue weighted by molar-refractivity contribution is 7.90. The Labute approximate surface area is 229 Å². The van der Waals surface area contributed by atoms with Crippen molar-refractivity contribution in [3.05, 3.63) is 113 Å². The highest BCUT2D eigenvalue weighted by Gasteiger charge is 2.52. The molecule has 1 heterocycles. The molecule has 1 unspecified atom stereocenters. The molecule has 5 rings (SSSR count). The standard InChI is InChI=1S/C31H31ClO5S/c1-3-27(33)25(24-14-15-28(26(32)19-24)38(2,34)35)18-21-16-17-31(20-21)36-29(22-10-6-4-7-11-22)30(37-31)23-12-8-5-9-13-23/h3-15,19,21,25,29-30H,1,16-18,20H2,2H3/t21-,25?,29-,30-/m1/s1. The lowest BCUT2D eigenvalue weighted by atomic mass is 9.85. The monoisotopic (exact) mass is 550 g/mol. The largest absolute Gasteiger partial charge is 0.339 e. The van der Waals surface area contributed by atoms with E-state index in [1.165, 1.54) is 12.1 Å². The second kappa shape index (κ2) is 10.8. The van der Waals surface area contributed by atoms with E-state index in [1.807, 2.05) is 36.4 Å². The Morgan fingerprint density at radius 1 is 1.03 bits per heavy atom. The van der Waals surface area contributed by atoms with Crippen LogP contribution in [0.1, 0.15) is 60.5 Å². The summed E-state index contributed by atoms with van der Waals surface area (Å²) in [6.45, 7) is 3.69. The fourth-order valence-corrected chi connectivity index (χ4v) is 7.13. The first-order valence-electron chi connectivity index (χ1n) is 12.8. The number of halogens is 1. The van der Waals surface area contributed by atoms with Gasteiger partial charge in [-0.2, -0.15) is 0 Å². The molecule has 7 heteroatoms. The van der Waals surface area contributed by atoms with Crippen molar-refractivity contribution in [1.82, 2.24) is 0 Å². The molecule has 3 aromatic rings. The first kappa shape index (κ1) is 26.8. The van der Waals surface area contributed by atoms with E-state index in [-0.39, 0.29) is 33.8 Å². The van der Waals surface area contributed by atoms with E-state index in [0.29, 0.717) is 18.4 Å². The molecule has 0 amide bonds. The van der Waals surface area contributed by atoms with E-state index in [1.54, 1.807) is 12.1 Å². The summed E-state index contributed by atoms with van der Waals surface area (Å²) in [4.78, 5) is 13.0. The lowest BCUT2D eigenvalue weighted by Gasteiger charge is -2.24. The summed E-state index contributed by atoms with van der Waals surface area (Å²) in [5.74, 6) is -1.16. The van der Waals surface area contributed by atoms with Crippen LogP contribution in [-0.2, 0) is 24.1 Å². The molecule has 0 N–H and O–H groups in total. The molecule has 2 aliphatic rings. The SMILES string of the molecule is C=CC(=O)C(C[C@H]1CCC2(C1)O[C@H](c1ccccc1)[C@@H](c1ccccc1)O2)c1ccc(S(C)(=O)=O)c(Cl)c1. The minimum Gasteiger partial charge on any atom is -0.339 e. The van der Waals surface area contributed by atoms with Gasteiger partial charge in [0.1, 0.15) is 12.2 Å². The van der Waals surface area contributed by atoms with Gasteiger partial charge in [-0.3, -0.25) is 4.79 Å². The van der Waals surface area contributed by atoms with Crippen LogP contribution >= 0.6 is 11.6 Å². The van der Waals surface area contributed by atoms with Crippen molar-refractivity contribution in [2.45, 2.75) is 54.5 Å². The molecule has 1 aliphatic heterocycles. The maximum absolute atomic E-state index is 12.9. The molecule has 1 spiro atoms. The molecule has 0 aromatic heterocycles. The summed E-state index contributed by atoms with van der Waals surface area (Å²) in [5.41, 5.74) is 2.83. The molecule has 0 bridgehead atoms. The predicted octanol–water partition coefficient (Wildman–Crippen LogP) is 7.00. The fraction of sp³-hybridized carbons (Fsp3) is 0.323. The van der Waals surface area contributed by atoms with Crippen LogP contribution in [0.25, 0.3) is 0 Å². The van der Waals surface area contributed by atoms with E-state index >= 15 is 0 Å². The van der Waals surface area contributed by atoms with Gasteiger partial charge in [0, 0.05) is 25.0 Å². The summed E-state index contributed by atoms with van der Waals surface area (Å²) >= 11 is 6.31. The van der Waals surface area contributed by atoms with Crippen LogP contribution < -0.4 is 0 Å². The number of allylic oxidation sites excluding steroid dienone is 1. The van der Waals surface area contributed by atoms with Crippen LogP contribution in [0.2, 0.25) is 5.02 Å². The number of hydrogen-bond donors (Lipinski definition) is 0. The van der Waals surface area contributed by atoms with Crippen molar-refractivity contribution in [1.29, 1.82) is 0 Å². The molecule has 2 fully saturated rings. The minimum atomic E-state index is -3.47. The Morgan fingerprint density at radius 3 is 2.11 bits per heavy atom.